The molecular weight excluding hydrogens is 376 g/mol. The number of hydrogen-bond acceptors (Lipinski definition) is 3. The fourth-order valence-electron chi connectivity index (χ4n) is 3.74. The first-order valence-electron chi connectivity index (χ1n) is 9.78. The topological polar surface area (TPSA) is 42.0 Å². The molecule has 0 aliphatic carbocycles. The minimum atomic E-state index is -0.00143. The number of nitrogens with one attached hydrogen (secondary N) is 1. The molecule has 0 saturated heterocycles. The third-order valence-electron chi connectivity index (χ3n) is 4.99. The van der Waals surface area contributed by atoms with E-state index in [2.05, 4.69) is 53.8 Å². The minimum Gasteiger partial charge on any atom is -0.326 e. The van der Waals surface area contributed by atoms with Crippen LogP contribution in [0.1, 0.15) is 32.3 Å². The molecule has 0 unspecified atom stereocenters. The Hall–Kier alpha value is -2.98. The Balaban J connectivity index is 1.49. The molecule has 0 bridgehead atoms. The van der Waals surface area contributed by atoms with Crippen LogP contribution in [0.25, 0.3) is 10.8 Å². The Labute approximate surface area is 175 Å². The van der Waals surface area contributed by atoms with Crippen LogP contribution in [-0.4, -0.2) is 10.9 Å². The number of thiazole rings is 1. The van der Waals surface area contributed by atoms with Gasteiger partial charge >= 0.3 is 0 Å². The molecule has 0 atom stereocenters. The van der Waals surface area contributed by atoms with Crippen molar-refractivity contribution >= 4 is 33.7 Å². The van der Waals surface area contributed by atoms with Gasteiger partial charge in [0, 0.05) is 17.0 Å². The first-order chi connectivity index (χ1) is 14.0. The van der Waals surface area contributed by atoms with E-state index in [1.807, 2.05) is 32.9 Å². The Morgan fingerprint density at radius 3 is 2.48 bits per heavy atom. The highest BCUT2D eigenvalue weighted by Crippen LogP contribution is 2.26. The second kappa shape index (κ2) is 8.18. The zero-order valence-corrected chi connectivity index (χ0v) is 17.8. The van der Waals surface area contributed by atoms with Gasteiger partial charge in [-0.15, -0.1) is 11.3 Å². The Morgan fingerprint density at radius 1 is 0.966 bits per heavy atom. The monoisotopic (exact) mass is 400 g/mol. The quantitative estimate of drug-likeness (QED) is 0.447. The number of carbonyl (C=O) groups excluding carboxylic acids is 1. The number of fused-ring (bicyclic) bond motifs is 1. The molecule has 1 amide bonds. The lowest BCUT2D eigenvalue weighted by atomic mass is 10.0. The van der Waals surface area contributed by atoms with Gasteiger partial charge in [-0.2, -0.15) is 0 Å². The molecule has 146 valence electrons. The maximum Gasteiger partial charge on any atom is 0.229 e. The van der Waals surface area contributed by atoms with Gasteiger partial charge in [0.25, 0.3) is 0 Å². The maximum absolute atomic E-state index is 12.6. The number of aryl methyl sites for hydroxylation is 3. The highest BCUT2D eigenvalue weighted by molar-refractivity contribution is 7.11. The minimum absolute atomic E-state index is 0.00143. The van der Waals surface area contributed by atoms with Crippen molar-refractivity contribution in [3.8, 4) is 0 Å². The summed E-state index contributed by atoms with van der Waals surface area (Å²) >= 11 is 1.64. The molecule has 0 radical (unpaired) electrons. The van der Waals surface area contributed by atoms with Gasteiger partial charge in [0.05, 0.1) is 17.1 Å². The molecule has 4 aromatic rings. The van der Waals surface area contributed by atoms with Crippen molar-refractivity contribution in [2.45, 2.75) is 33.6 Å². The van der Waals surface area contributed by atoms with Gasteiger partial charge in [0.15, 0.2) is 0 Å². The lowest BCUT2D eigenvalue weighted by Gasteiger charge is -2.07. The van der Waals surface area contributed by atoms with Gasteiger partial charge in [-0.05, 0) is 60.4 Å². The molecule has 4 heteroatoms. The summed E-state index contributed by atoms with van der Waals surface area (Å²) in [7, 11) is 0. The van der Waals surface area contributed by atoms with E-state index in [0.29, 0.717) is 6.42 Å². The number of anilines is 1. The van der Waals surface area contributed by atoms with Crippen LogP contribution in [-0.2, 0) is 17.6 Å². The molecule has 1 heterocycles. The molecule has 0 aliphatic heterocycles. The summed E-state index contributed by atoms with van der Waals surface area (Å²) in [6, 6.07) is 20.9. The van der Waals surface area contributed by atoms with Crippen molar-refractivity contribution in [2.24, 2.45) is 0 Å². The summed E-state index contributed by atoms with van der Waals surface area (Å²) in [6.45, 7) is 6.06. The van der Waals surface area contributed by atoms with Crippen molar-refractivity contribution in [3.05, 3.63) is 92.9 Å². The summed E-state index contributed by atoms with van der Waals surface area (Å²) in [6.07, 6.45) is 1.14. The SMILES string of the molecule is Cc1cc(C)cc(NC(=O)Cc2sc(Cc3cccc4ccccc34)nc2C)c1. The van der Waals surface area contributed by atoms with Gasteiger partial charge in [-0.1, -0.05) is 48.5 Å². The van der Waals surface area contributed by atoms with Gasteiger partial charge in [0.2, 0.25) is 5.91 Å². The van der Waals surface area contributed by atoms with Gasteiger partial charge in [-0.3, -0.25) is 4.79 Å². The van der Waals surface area contributed by atoms with Crippen molar-refractivity contribution in [1.82, 2.24) is 4.98 Å². The van der Waals surface area contributed by atoms with Crippen LogP contribution in [0.2, 0.25) is 0 Å². The van der Waals surface area contributed by atoms with Gasteiger partial charge < -0.3 is 5.32 Å². The largest absolute Gasteiger partial charge is 0.326 e. The standard InChI is InChI=1S/C25H24N2OS/c1-16-11-17(2)13-21(12-16)27-24(28)15-23-18(3)26-25(29-23)14-20-9-6-8-19-7-4-5-10-22(19)20/h4-13H,14-15H2,1-3H3,(H,27,28). The van der Waals surface area contributed by atoms with Crippen LogP contribution >= 0.6 is 11.3 Å². The predicted octanol–water partition coefficient (Wildman–Crippen LogP) is 5.99. The van der Waals surface area contributed by atoms with E-state index in [0.717, 1.165) is 38.8 Å². The number of amides is 1. The Morgan fingerprint density at radius 2 is 1.69 bits per heavy atom. The zero-order chi connectivity index (χ0) is 20.4. The second-order valence-electron chi connectivity index (χ2n) is 7.53. The highest BCUT2D eigenvalue weighted by Gasteiger charge is 2.13. The van der Waals surface area contributed by atoms with E-state index >= 15 is 0 Å². The van der Waals surface area contributed by atoms with E-state index in [-0.39, 0.29) is 5.91 Å². The summed E-state index contributed by atoms with van der Waals surface area (Å²) in [5.74, 6) is -0.00143. The van der Waals surface area contributed by atoms with E-state index in [1.165, 1.54) is 16.3 Å². The average Bonchev–Trinajstić information content (AvgIpc) is 3.00. The Bertz CT molecular complexity index is 1170. The number of hydrogen-bond donors (Lipinski definition) is 1. The van der Waals surface area contributed by atoms with Crippen LogP contribution in [0.4, 0.5) is 5.69 Å². The van der Waals surface area contributed by atoms with Crippen molar-refractivity contribution in [2.75, 3.05) is 5.32 Å². The highest BCUT2D eigenvalue weighted by atomic mass is 32.1. The van der Waals surface area contributed by atoms with Crippen LogP contribution < -0.4 is 5.32 Å². The van der Waals surface area contributed by atoms with Crippen LogP contribution in [0.15, 0.2) is 60.7 Å². The van der Waals surface area contributed by atoms with Crippen molar-refractivity contribution < 1.29 is 4.79 Å². The summed E-state index contributed by atoms with van der Waals surface area (Å²) in [5.41, 5.74) is 5.35. The molecule has 0 fully saturated rings. The number of carbonyl (C=O) groups is 1. The number of rotatable bonds is 5. The van der Waals surface area contributed by atoms with Crippen LogP contribution in [0, 0.1) is 20.8 Å². The van der Waals surface area contributed by atoms with Crippen LogP contribution in [0.3, 0.4) is 0 Å². The molecular formula is C25H24N2OS. The fourth-order valence-corrected chi connectivity index (χ4v) is 4.83. The van der Waals surface area contributed by atoms with Crippen molar-refractivity contribution in [3.63, 3.8) is 0 Å². The summed E-state index contributed by atoms with van der Waals surface area (Å²) in [4.78, 5) is 18.3. The molecule has 0 saturated carbocycles. The molecule has 0 spiro atoms. The molecule has 4 rings (SSSR count). The predicted molar refractivity (Wildman–Crippen MR) is 122 cm³/mol. The summed E-state index contributed by atoms with van der Waals surface area (Å²) < 4.78 is 0. The van der Waals surface area contributed by atoms with Gasteiger partial charge in [-0.25, -0.2) is 4.98 Å². The van der Waals surface area contributed by atoms with E-state index in [9.17, 15) is 4.79 Å². The average molecular weight is 401 g/mol. The second-order valence-corrected chi connectivity index (χ2v) is 8.70. The van der Waals surface area contributed by atoms with E-state index in [4.69, 9.17) is 4.98 Å². The molecule has 1 aromatic heterocycles. The molecule has 0 aliphatic rings. The molecule has 29 heavy (non-hydrogen) atoms. The van der Waals surface area contributed by atoms with Gasteiger partial charge in [0.1, 0.15) is 0 Å². The molecule has 1 N–H and O–H groups in total. The number of benzene rings is 3. The fraction of sp³-hybridized carbons (Fsp3) is 0.200. The zero-order valence-electron chi connectivity index (χ0n) is 17.0. The molecule has 3 nitrogen and oxygen atoms in total. The third kappa shape index (κ3) is 4.54. The number of nitrogens with zero attached hydrogens (tertiary/aromatic N) is 1. The maximum atomic E-state index is 12.6. The Kier molecular flexibility index (Phi) is 5.45. The number of aromatic nitrogens is 1. The van der Waals surface area contributed by atoms with E-state index in [1.54, 1.807) is 11.3 Å². The first-order valence-corrected chi connectivity index (χ1v) is 10.6. The van der Waals surface area contributed by atoms with E-state index < -0.39 is 0 Å². The smallest absolute Gasteiger partial charge is 0.229 e. The van der Waals surface area contributed by atoms with Crippen LogP contribution in [0.5, 0.6) is 0 Å². The lowest BCUT2D eigenvalue weighted by Crippen LogP contribution is -2.14. The first kappa shape index (κ1) is 19.3. The third-order valence-corrected chi connectivity index (χ3v) is 6.14. The normalized spacial score (nSPS) is 11.0. The van der Waals surface area contributed by atoms with Crippen molar-refractivity contribution in [1.29, 1.82) is 0 Å². The molecule has 3 aromatic carbocycles. The summed E-state index contributed by atoms with van der Waals surface area (Å²) in [5, 5.41) is 6.57. The lowest BCUT2D eigenvalue weighted by molar-refractivity contribution is -0.115.